The highest BCUT2D eigenvalue weighted by atomic mass is 16.2. The third-order valence-corrected chi connectivity index (χ3v) is 4.60. The van der Waals surface area contributed by atoms with E-state index in [1.165, 1.54) is 0 Å². The molecule has 1 amide bonds. The Balaban J connectivity index is 1.96. The van der Waals surface area contributed by atoms with Crippen LogP contribution in [0.3, 0.4) is 0 Å². The van der Waals surface area contributed by atoms with E-state index in [1.54, 1.807) is 4.90 Å². The number of hydrogen-bond acceptors (Lipinski definition) is 3. The second kappa shape index (κ2) is 6.51. The highest BCUT2D eigenvalue weighted by Crippen LogP contribution is 2.31. The Bertz CT molecular complexity index is 868. The maximum atomic E-state index is 12.9. The lowest BCUT2D eigenvalue weighted by Crippen LogP contribution is -2.33. The lowest BCUT2D eigenvalue weighted by atomic mass is 10.1. The van der Waals surface area contributed by atoms with Gasteiger partial charge >= 0.3 is 0 Å². The third kappa shape index (κ3) is 3.05. The maximum Gasteiger partial charge on any atom is 0.277 e. The van der Waals surface area contributed by atoms with Crippen molar-refractivity contribution in [2.45, 2.75) is 19.9 Å². The predicted molar refractivity (Wildman–Crippen MR) is 102 cm³/mol. The van der Waals surface area contributed by atoms with Crippen molar-refractivity contribution in [1.82, 2.24) is 0 Å². The zero-order chi connectivity index (χ0) is 18.1. The Hall–Kier alpha value is -2.95. The van der Waals surface area contributed by atoms with Crippen LogP contribution in [-0.4, -0.2) is 42.0 Å². The summed E-state index contributed by atoms with van der Waals surface area (Å²) in [4.78, 5) is 19.3. The molecule has 2 aliphatic rings. The molecule has 2 N–H and O–H groups in total. The highest BCUT2D eigenvalue weighted by Gasteiger charge is 2.35. The summed E-state index contributed by atoms with van der Waals surface area (Å²) in [6.45, 7) is 3.97. The molecular formula is C20H23N4O+. The van der Waals surface area contributed by atoms with Crippen molar-refractivity contribution in [3.8, 4) is 0 Å². The van der Waals surface area contributed by atoms with Crippen LogP contribution in [0.4, 0.5) is 5.69 Å². The topological polar surface area (TPSA) is 61.7 Å². The van der Waals surface area contributed by atoms with Crippen molar-refractivity contribution in [3.63, 3.8) is 0 Å². The van der Waals surface area contributed by atoms with Crippen LogP contribution < -0.4 is 10.6 Å². The molecule has 1 atom stereocenters. The van der Waals surface area contributed by atoms with Crippen LogP contribution in [0.2, 0.25) is 0 Å². The van der Waals surface area contributed by atoms with Gasteiger partial charge in [-0.1, -0.05) is 18.2 Å². The Kier molecular flexibility index (Phi) is 4.40. The number of carbonyl (C=O) groups is 1. The van der Waals surface area contributed by atoms with Crippen LogP contribution in [-0.2, 0) is 4.79 Å². The Labute approximate surface area is 148 Å². The Morgan fingerprint density at radius 3 is 2.44 bits per heavy atom. The predicted octanol–water partition coefficient (Wildman–Crippen LogP) is 2.26. The summed E-state index contributed by atoms with van der Waals surface area (Å²) >= 11 is 0. The smallest absolute Gasteiger partial charge is 0.277 e. The second-order valence-corrected chi connectivity index (χ2v) is 6.47. The number of carbonyl (C=O) groups excluding carboxylic acids is 1. The standard InChI is InChI=1S/C20H22N4O/c1-13-14(2)24(15-8-6-5-7-9-15)20(25)19(13)22-18-11-10-16(23(3)4)12-17(18)21/h5-12,14,21H,1-4H3/p+1/b22-18+. The first-order valence-electron chi connectivity index (χ1n) is 8.28. The first kappa shape index (κ1) is 16.9. The molecule has 0 radical (unpaired) electrons. The average Bonchev–Trinajstić information content (AvgIpc) is 2.80. The minimum Gasteiger partial charge on any atom is -0.397 e. The van der Waals surface area contributed by atoms with Gasteiger partial charge in [-0.25, -0.2) is 9.57 Å². The summed E-state index contributed by atoms with van der Waals surface area (Å²) in [6.07, 6.45) is 5.67. The molecule has 1 aliphatic heterocycles. The van der Waals surface area contributed by atoms with Gasteiger partial charge in [-0.05, 0) is 37.6 Å². The lowest BCUT2D eigenvalue weighted by molar-refractivity contribution is -0.462. The van der Waals surface area contributed by atoms with Gasteiger partial charge in [0.2, 0.25) is 5.71 Å². The number of aliphatic imine (C=N–C) groups is 1. The molecule has 0 saturated carbocycles. The van der Waals surface area contributed by atoms with Gasteiger partial charge in [-0.15, -0.1) is 0 Å². The molecule has 5 heteroatoms. The van der Waals surface area contributed by atoms with Crippen LogP contribution in [0.15, 0.2) is 70.5 Å². The average molecular weight is 335 g/mol. The molecule has 1 heterocycles. The lowest BCUT2D eigenvalue weighted by Gasteiger charge is -2.22. The van der Waals surface area contributed by atoms with Crippen LogP contribution in [0.5, 0.6) is 0 Å². The van der Waals surface area contributed by atoms with Gasteiger partial charge in [-0.2, -0.15) is 0 Å². The van der Waals surface area contributed by atoms with E-state index < -0.39 is 0 Å². The number of para-hydroxylation sites is 1. The van der Waals surface area contributed by atoms with Crippen LogP contribution in [0.25, 0.3) is 0 Å². The number of rotatable bonds is 2. The molecule has 0 bridgehead atoms. The van der Waals surface area contributed by atoms with E-state index in [1.807, 2.05) is 81.1 Å². The molecular weight excluding hydrogens is 312 g/mol. The first-order chi connectivity index (χ1) is 11.9. The van der Waals surface area contributed by atoms with Gasteiger partial charge < -0.3 is 10.6 Å². The number of amides is 1. The summed E-state index contributed by atoms with van der Waals surface area (Å²) < 4.78 is 1.98. The molecule has 5 nitrogen and oxygen atoms in total. The van der Waals surface area contributed by atoms with E-state index in [4.69, 9.17) is 5.73 Å². The number of anilines is 1. The number of allylic oxidation sites excluding steroid dienone is 3. The van der Waals surface area contributed by atoms with E-state index in [0.29, 0.717) is 17.1 Å². The van der Waals surface area contributed by atoms with E-state index in [-0.39, 0.29) is 11.9 Å². The van der Waals surface area contributed by atoms with Gasteiger partial charge in [0.25, 0.3) is 5.91 Å². The van der Waals surface area contributed by atoms with Gasteiger partial charge in [-0.3, -0.25) is 4.79 Å². The Morgan fingerprint density at radius 2 is 1.84 bits per heavy atom. The number of nitrogens with two attached hydrogens (primary N) is 1. The van der Waals surface area contributed by atoms with Gasteiger partial charge in [0, 0.05) is 17.8 Å². The third-order valence-electron chi connectivity index (χ3n) is 4.60. The van der Waals surface area contributed by atoms with Crippen molar-refractivity contribution in [1.29, 1.82) is 0 Å². The summed E-state index contributed by atoms with van der Waals surface area (Å²) in [6, 6.07) is 9.63. The summed E-state index contributed by atoms with van der Waals surface area (Å²) in [5.41, 5.74) is 10.6. The second-order valence-electron chi connectivity index (χ2n) is 6.47. The number of nitrogens with zero attached hydrogens (tertiary/aromatic N) is 3. The molecule has 1 unspecified atom stereocenters. The van der Waals surface area contributed by atoms with E-state index >= 15 is 0 Å². The number of benzene rings is 1. The fourth-order valence-electron chi connectivity index (χ4n) is 2.96. The normalized spacial score (nSPS) is 22.1. The summed E-state index contributed by atoms with van der Waals surface area (Å²) in [5, 5.41) is 0. The van der Waals surface area contributed by atoms with Crippen LogP contribution in [0, 0.1) is 0 Å². The zero-order valence-electron chi connectivity index (χ0n) is 15.0. The number of hydrogen-bond donors (Lipinski definition) is 1. The van der Waals surface area contributed by atoms with Crippen molar-refractivity contribution in [2.24, 2.45) is 10.7 Å². The summed E-state index contributed by atoms with van der Waals surface area (Å²) in [7, 11) is 3.91. The fraction of sp³-hybridized carbons (Fsp3) is 0.250. The molecule has 0 fully saturated rings. The van der Waals surface area contributed by atoms with Crippen LogP contribution in [0.1, 0.15) is 13.8 Å². The van der Waals surface area contributed by atoms with Gasteiger partial charge in [0.15, 0.2) is 0 Å². The van der Waals surface area contributed by atoms with Crippen LogP contribution >= 0.6 is 0 Å². The SMILES string of the molecule is CC1=C(/N=C2\C=CC(=[N+](C)C)C=C2N)C(=O)N(c2ccccc2)C1C. The first-order valence-corrected chi connectivity index (χ1v) is 8.28. The summed E-state index contributed by atoms with van der Waals surface area (Å²) in [5.74, 6) is -0.0905. The van der Waals surface area contributed by atoms with Crippen molar-refractivity contribution >= 4 is 23.0 Å². The molecule has 1 aliphatic carbocycles. The largest absolute Gasteiger partial charge is 0.397 e. The van der Waals surface area contributed by atoms with Crippen molar-refractivity contribution in [2.75, 3.05) is 19.0 Å². The molecule has 0 saturated heterocycles. The van der Waals surface area contributed by atoms with Gasteiger partial charge in [0.05, 0.1) is 17.5 Å². The fourth-order valence-corrected chi connectivity index (χ4v) is 2.96. The van der Waals surface area contributed by atoms with Crippen molar-refractivity contribution in [3.05, 3.63) is 65.5 Å². The zero-order valence-corrected chi connectivity index (χ0v) is 15.0. The minimum atomic E-state index is -0.0905. The highest BCUT2D eigenvalue weighted by molar-refractivity contribution is 6.21. The van der Waals surface area contributed by atoms with Crippen molar-refractivity contribution < 1.29 is 9.37 Å². The molecule has 0 spiro atoms. The molecule has 1 aromatic carbocycles. The van der Waals surface area contributed by atoms with E-state index in [0.717, 1.165) is 17.0 Å². The molecule has 1 aromatic rings. The Morgan fingerprint density at radius 1 is 1.16 bits per heavy atom. The maximum absolute atomic E-state index is 12.9. The molecule has 3 rings (SSSR count). The molecule has 25 heavy (non-hydrogen) atoms. The monoisotopic (exact) mass is 335 g/mol. The van der Waals surface area contributed by atoms with Gasteiger partial charge in [0.1, 0.15) is 19.8 Å². The molecule has 128 valence electrons. The minimum absolute atomic E-state index is 0.0316. The van der Waals surface area contributed by atoms with E-state index in [9.17, 15) is 4.79 Å². The quantitative estimate of drug-likeness (QED) is 0.666. The van der Waals surface area contributed by atoms with E-state index in [2.05, 4.69) is 4.99 Å². The molecule has 0 aromatic heterocycles.